The predicted octanol–water partition coefficient (Wildman–Crippen LogP) is 7.85. The van der Waals surface area contributed by atoms with E-state index in [4.69, 9.17) is 9.97 Å². The number of pyridine rings is 4. The van der Waals surface area contributed by atoms with Crippen molar-refractivity contribution in [3.63, 3.8) is 0 Å². The van der Waals surface area contributed by atoms with E-state index in [2.05, 4.69) is 84.2 Å². The standard InChI is InChI=1S/C32H40N4.CH4/c1-3-5-7-9-21-35-23-15-27(16-24-35)31-29(13-11-19-33-31)30-14-12-20-34-32(30)28-17-25-36(26-18-28)22-10-8-6-4-2;/h11-20,23-26H,3-10,21-22H2,1-2H3;1H4/q+2;. The minimum absolute atomic E-state index is 0. The minimum atomic E-state index is 0. The van der Waals surface area contributed by atoms with E-state index in [0.29, 0.717) is 0 Å². The van der Waals surface area contributed by atoms with Crippen LogP contribution in [0.2, 0.25) is 0 Å². The fourth-order valence-corrected chi connectivity index (χ4v) is 4.68. The van der Waals surface area contributed by atoms with Crippen LogP contribution in [-0.4, -0.2) is 9.97 Å². The van der Waals surface area contributed by atoms with Crippen molar-refractivity contribution < 1.29 is 9.13 Å². The van der Waals surface area contributed by atoms with Crippen molar-refractivity contribution in [2.24, 2.45) is 0 Å². The molecule has 0 aromatic carbocycles. The maximum absolute atomic E-state index is 4.80. The molecule has 0 aliphatic heterocycles. The lowest BCUT2D eigenvalue weighted by Crippen LogP contribution is -2.32. The summed E-state index contributed by atoms with van der Waals surface area (Å²) in [6.07, 6.45) is 22.7. The molecule has 0 N–H and O–H groups in total. The molecule has 4 aromatic heterocycles. The molecule has 4 rings (SSSR count). The van der Waals surface area contributed by atoms with Gasteiger partial charge >= 0.3 is 0 Å². The first-order chi connectivity index (χ1) is 17.8. The highest BCUT2D eigenvalue weighted by atomic mass is 14.9. The second kappa shape index (κ2) is 15.0. The third kappa shape index (κ3) is 7.79. The number of hydrogen-bond acceptors (Lipinski definition) is 2. The topological polar surface area (TPSA) is 33.5 Å². The van der Waals surface area contributed by atoms with Crippen molar-refractivity contribution in [3.8, 4) is 33.6 Å². The van der Waals surface area contributed by atoms with Crippen LogP contribution in [0.1, 0.15) is 72.6 Å². The molecule has 0 aliphatic carbocycles. The molecule has 0 atom stereocenters. The smallest absolute Gasteiger partial charge is 0.169 e. The van der Waals surface area contributed by atoms with E-state index in [9.17, 15) is 0 Å². The zero-order valence-electron chi connectivity index (χ0n) is 21.9. The molecule has 0 saturated carbocycles. The summed E-state index contributed by atoms with van der Waals surface area (Å²) in [5, 5.41) is 0. The van der Waals surface area contributed by atoms with E-state index in [0.717, 1.165) is 46.7 Å². The Morgan fingerprint density at radius 3 is 1.32 bits per heavy atom. The highest BCUT2D eigenvalue weighted by Crippen LogP contribution is 2.35. The maximum atomic E-state index is 4.80. The van der Waals surface area contributed by atoms with E-state index in [1.165, 1.54) is 51.4 Å². The number of aryl methyl sites for hydroxylation is 2. The molecule has 0 aliphatic rings. The lowest BCUT2D eigenvalue weighted by Gasteiger charge is -2.12. The van der Waals surface area contributed by atoms with Crippen LogP contribution in [-0.2, 0) is 13.1 Å². The van der Waals surface area contributed by atoms with E-state index in [1.807, 2.05) is 24.5 Å². The Kier molecular flexibility index (Phi) is 11.4. The summed E-state index contributed by atoms with van der Waals surface area (Å²) in [7, 11) is 0. The van der Waals surface area contributed by atoms with Crippen LogP contribution in [0.5, 0.6) is 0 Å². The number of aromatic nitrogens is 4. The van der Waals surface area contributed by atoms with Gasteiger partial charge in [-0.05, 0) is 25.0 Å². The maximum Gasteiger partial charge on any atom is 0.169 e. The van der Waals surface area contributed by atoms with Gasteiger partial charge in [-0.3, -0.25) is 9.97 Å². The second-order valence-corrected chi connectivity index (χ2v) is 9.57. The van der Waals surface area contributed by atoms with E-state index in [1.54, 1.807) is 0 Å². The molecule has 4 heterocycles. The van der Waals surface area contributed by atoms with Crippen molar-refractivity contribution in [1.82, 2.24) is 9.97 Å². The van der Waals surface area contributed by atoms with Crippen LogP contribution in [0.3, 0.4) is 0 Å². The van der Waals surface area contributed by atoms with Crippen LogP contribution < -0.4 is 9.13 Å². The molecule has 0 amide bonds. The lowest BCUT2D eigenvalue weighted by molar-refractivity contribution is -0.697. The summed E-state index contributed by atoms with van der Waals surface area (Å²) in [4.78, 5) is 9.60. The Balaban J connectivity index is 0.00000380. The normalized spacial score (nSPS) is 10.8. The van der Waals surface area contributed by atoms with Crippen LogP contribution >= 0.6 is 0 Å². The van der Waals surface area contributed by atoms with Crippen molar-refractivity contribution >= 4 is 0 Å². The molecule has 0 unspecified atom stereocenters. The highest BCUT2D eigenvalue weighted by Gasteiger charge is 2.16. The van der Waals surface area contributed by atoms with Crippen molar-refractivity contribution in [2.45, 2.75) is 85.7 Å². The summed E-state index contributed by atoms with van der Waals surface area (Å²) in [5.74, 6) is 0. The number of hydrogen-bond donors (Lipinski definition) is 0. The van der Waals surface area contributed by atoms with Gasteiger partial charge in [0.05, 0.1) is 11.4 Å². The molecular formula is C33H44N4+2. The summed E-state index contributed by atoms with van der Waals surface area (Å²) in [6.45, 7) is 6.64. The number of rotatable bonds is 13. The monoisotopic (exact) mass is 496 g/mol. The van der Waals surface area contributed by atoms with Gasteiger partial charge < -0.3 is 0 Å². The average molecular weight is 497 g/mol. The first-order valence-electron chi connectivity index (χ1n) is 13.7. The van der Waals surface area contributed by atoms with Gasteiger partial charge in [0.1, 0.15) is 13.1 Å². The first-order valence-corrected chi connectivity index (χ1v) is 13.7. The van der Waals surface area contributed by atoms with Crippen molar-refractivity contribution in [2.75, 3.05) is 0 Å². The van der Waals surface area contributed by atoms with E-state index >= 15 is 0 Å². The fraction of sp³-hybridized carbons (Fsp3) is 0.394. The highest BCUT2D eigenvalue weighted by molar-refractivity contribution is 5.88. The van der Waals surface area contributed by atoms with Crippen molar-refractivity contribution in [3.05, 3.63) is 85.7 Å². The molecule has 194 valence electrons. The quantitative estimate of drug-likeness (QED) is 0.139. The van der Waals surface area contributed by atoms with Crippen LogP contribution in [0.4, 0.5) is 0 Å². The summed E-state index contributed by atoms with van der Waals surface area (Å²) in [6, 6.07) is 17.1. The minimum Gasteiger partial charge on any atom is -0.256 e. The van der Waals surface area contributed by atoms with Gasteiger partial charge in [-0.1, -0.05) is 59.1 Å². The average Bonchev–Trinajstić information content (AvgIpc) is 2.94. The van der Waals surface area contributed by atoms with Gasteiger partial charge in [0.2, 0.25) is 0 Å². The molecule has 4 nitrogen and oxygen atoms in total. The van der Waals surface area contributed by atoms with E-state index in [-0.39, 0.29) is 7.43 Å². The Morgan fingerprint density at radius 2 is 0.946 bits per heavy atom. The Bertz CT molecular complexity index is 1100. The largest absolute Gasteiger partial charge is 0.256 e. The first kappa shape index (κ1) is 28.2. The molecule has 0 fully saturated rings. The molecule has 0 spiro atoms. The summed E-state index contributed by atoms with van der Waals surface area (Å²) in [5.41, 5.74) is 6.46. The van der Waals surface area contributed by atoms with Gasteiger partial charge in [0, 0.05) is 71.8 Å². The summed E-state index contributed by atoms with van der Waals surface area (Å²) >= 11 is 0. The Labute approximate surface area is 224 Å². The zero-order valence-corrected chi connectivity index (χ0v) is 21.9. The Morgan fingerprint density at radius 1 is 0.541 bits per heavy atom. The second-order valence-electron chi connectivity index (χ2n) is 9.57. The number of unbranched alkanes of at least 4 members (excludes halogenated alkanes) is 6. The van der Waals surface area contributed by atoms with Gasteiger partial charge in [-0.15, -0.1) is 0 Å². The third-order valence-electron chi connectivity index (χ3n) is 6.77. The molecule has 37 heavy (non-hydrogen) atoms. The fourth-order valence-electron chi connectivity index (χ4n) is 4.68. The van der Waals surface area contributed by atoms with Crippen LogP contribution in [0.25, 0.3) is 33.6 Å². The SMILES string of the molecule is C.CCCCCC[n+]1ccc(-c2ncccc2-c2cccnc2-c2cc[n+](CCCCCC)cc2)cc1. The van der Waals surface area contributed by atoms with Gasteiger partial charge in [-0.2, -0.15) is 0 Å². The molecule has 0 radical (unpaired) electrons. The van der Waals surface area contributed by atoms with Crippen LogP contribution in [0, 0.1) is 0 Å². The Hall–Kier alpha value is -3.40. The number of nitrogens with zero attached hydrogens (tertiary/aromatic N) is 4. The predicted molar refractivity (Wildman–Crippen MR) is 154 cm³/mol. The zero-order chi connectivity index (χ0) is 25.0. The van der Waals surface area contributed by atoms with Crippen LogP contribution in [0.15, 0.2) is 85.7 Å². The molecule has 4 heteroatoms. The van der Waals surface area contributed by atoms with Gasteiger partial charge in [0.15, 0.2) is 24.8 Å². The molecule has 0 saturated heterocycles. The lowest BCUT2D eigenvalue weighted by atomic mass is 9.96. The van der Waals surface area contributed by atoms with Gasteiger partial charge in [-0.25, -0.2) is 9.13 Å². The molecule has 0 bridgehead atoms. The van der Waals surface area contributed by atoms with E-state index < -0.39 is 0 Å². The molecular weight excluding hydrogens is 452 g/mol. The molecule has 4 aromatic rings. The van der Waals surface area contributed by atoms with Gasteiger partial charge in [0.25, 0.3) is 0 Å². The summed E-state index contributed by atoms with van der Waals surface area (Å²) < 4.78 is 4.55. The van der Waals surface area contributed by atoms with Crippen molar-refractivity contribution in [1.29, 1.82) is 0 Å². The third-order valence-corrected chi connectivity index (χ3v) is 6.77.